The Morgan fingerprint density at radius 2 is 1.86 bits per heavy atom. The average Bonchev–Trinajstić information content (AvgIpc) is 3.13. The van der Waals surface area contributed by atoms with E-state index in [2.05, 4.69) is 9.88 Å². The van der Waals surface area contributed by atoms with Crippen LogP contribution in [0.4, 0.5) is 5.13 Å². The smallest absolute Gasteiger partial charge is 0.260 e. The highest BCUT2D eigenvalue weighted by molar-refractivity contribution is 7.22. The lowest BCUT2D eigenvalue weighted by molar-refractivity contribution is 0.0391. The Balaban J connectivity index is 1.67. The summed E-state index contributed by atoms with van der Waals surface area (Å²) in [5.41, 5.74) is 1.12. The van der Waals surface area contributed by atoms with Crippen LogP contribution < -0.4 is 4.90 Å². The van der Waals surface area contributed by atoms with Crippen LogP contribution in [-0.4, -0.2) is 55.2 Å². The van der Waals surface area contributed by atoms with Crippen molar-refractivity contribution in [3.63, 3.8) is 0 Å². The monoisotopic (exact) mass is 469 g/mol. The van der Waals surface area contributed by atoms with Crippen molar-refractivity contribution in [3.8, 4) is 0 Å². The van der Waals surface area contributed by atoms with Crippen molar-refractivity contribution >= 4 is 67.4 Å². The van der Waals surface area contributed by atoms with Gasteiger partial charge in [-0.2, -0.15) is 0 Å². The van der Waals surface area contributed by atoms with Crippen molar-refractivity contribution in [1.29, 1.82) is 0 Å². The van der Waals surface area contributed by atoms with Crippen LogP contribution in [0.5, 0.6) is 0 Å². The zero-order chi connectivity index (χ0) is 20.4. The number of hydrogen-bond donors (Lipinski definition) is 0. The first-order valence-corrected chi connectivity index (χ1v) is 11.1. The number of fused-ring (bicyclic) bond motifs is 1. The van der Waals surface area contributed by atoms with Crippen LogP contribution in [0.3, 0.4) is 0 Å². The molecule has 0 atom stereocenters. The van der Waals surface area contributed by atoms with E-state index in [-0.39, 0.29) is 5.91 Å². The molecule has 2 aromatic carbocycles. The molecule has 0 N–H and O–H groups in total. The maximum absolute atomic E-state index is 13.4. The van der Waals surface area contributed by atoms with Crippen molar-refractivity contribution in [2.75, 3.05) is 44.3 Å². The normalized spacial score (nSPS) is 15.0. The van der Waals surface area contributed by atoms with E-state index in [0.717, 1.165) is 17.8 Å². The van der Waals surface area contributed by atoms with Crippen LogP contribution in [0.25, 0.3) is 10.2 Å². The summed E-state index contributed by atoms with van der Waals surface area (Å²) in [5.74, 6) is -0.196. The number of aromatic nitrogens is 1. The fourth-order valence-corrected chi connectivity index (χ4v) is 5.02. The van der Waals surface area contributed by atoms with Crippen LogP contribution in [0.1, 0.15) is 10.4 Å². The van der Waals surface area contributed by atoms with E-state index in [9.17, 15) is 4.79 Å². The van der Waals surface area contributed by atoms with Gasteiger partial charge in [-0.15, -0.1) is 0 Å². The van der Waals surface area contributed by atoms with Crippen LogP contribution in [0.15, 0.2) is 36.4 Å². The minimum atomic E-state index is -0.196. The van der Waals surface area contributed by atoms with Crippen molar-refractivity contribution in [1.82, 2.24) is 9.88 Å². The number of halogens is 3. The standard InChI is InChI=1S/C20H18Cl3N3O2S/c21-14-10-13(11-15(22)12-14)19(27)26(5-4-25-6-8-28-9-7-25)20-24-18-16(23)2-1-3-17(18)29-20/h1-3,10-12H,4-9H2. The second-order valence-electron chi connectivity index (χ2n) is 6.65. The number of benzene rings is 2. The second kappa shape index (κ2) is 9.16. The summed E-state index contributed by atoms with van der Waals surface area (Å²) in [4.78, 5) is 22.0. The number of para-hydroxylation sites is 1. The molecule has 4 rings (SSSR count). The maximum atomic E-state index is 13.4. The summed E-state index contributed by atoms with van der Waals surface area (Å²) < 4.78 is 6.34. The van der Waals surface area contributed by atoms with E-state index in [0.29, 0.717) is 57.6 Å². The van der Waals surface area contributed by atoms with Gasteiger partial charge in [0.25, 0.3) is 5.91 Å². The Morgan fingerprint density at radius 3 is 2.55 bits per heavy atom. The molecular formula is C20H18Cl3N3O2S. The third-order valence-corrected chi connectivity index (χ3v) is 6.47. The van der Waals surface area contributed by atoms with Gasteiger partial charge in [-0.25, -0.2) is 4.98 Å². The number of rotatable bonds is 5. The third kappa shape index (κ3) is 4.85. The number of ether oxygens (including phenoxy) is 1. The lowest BCUT2D eigenvalue weighted by atomic mass is 10.2. The summed E-state index contributed by atoms with van der Waals surface area (Å²) in [6.45, 7) is 4.30. The van der Waals surface area contributed by atoms with E-state index in [4.69, 9.17) is 39.5 Å². The molecule has 1 fully saturated rings. The van der Waals surface area contributed by atoms with Gasteiger partial charge in [0, 0.05) is 41.8 Å². The first-order chi connectivity index (χ1) is 14.0. The van der Waals surface area contributed by atoms with E-state index in [1.165, 1.54) is 11.3 Å². The van der Waals surface area contributed by atoms with Gasteiger partial charge < -0.3 is 4.74 Å². The minimum Gasteiger partial charge on any atom is -0.379 e. The van der Waals surface area contributed by atoms with Gasteiger partial charge in [-0.3, -0.25) is 14.6 Å². The summed E-state index contributed by atoms with van der Waals surface area (Å²) >= 11 is 20.0. The summed E-state index contributed by atoms with van der Waals surface area (Å²) in [6, 6.07) is 10.5. The van der Waals surface area contributed by atoms with E-state index < -0.39 is 0 Å². The Hall–Kier alpha value is -1.41. The van der Waals surface area contributed by atoms with E-state index in [1.807, 2.05) is 12.1 Å². The number of amides is 1. The average molecular weight is 471 g/mol. The van der Waals surface area contributed by atoms with Gasteiger partial charge >= 0.3 is 0 Å². The predicted molar refractivity (Wildman–Crippen MR) is 120 cm³/mol. The number of morpholine rings is 1. The Labute approximate surface area is 187 Å². The summed E-state index contributed by atoms with van der Waals surface area (Å²) in [6.07, 6.45) is 0. The zero-order valence-corrected chi connectivity index (χ0v) is 18.5. The zero-order valence-electron chi connectivity index (χ0n) is 15.4. The van der Waals surface area contributed by atoms with Crippen molar-refractivity contribution < 1.29 is 9.53 Å². The van der Waals surface area contributed by atoms with Gasteiger partial charge in [0.1, 0.15) is 5.52 Å². The van der Waals surface area contributed by atoms with Crippen LogP contribution in [0, 0.1) is 0 Å². The number of nitrogens with zero attached hydrogens (tertiary/aromatic N) is 3. The molecule has 0 saturated carbocycles. The van der Waals surface area contributed by atoms with Crippen molar-refractivity contribution in [2.24, 2.45) is 0 Å². The first kappa shape index (κ1) is 20.8. The molecule has 0 bridgehead atoms. The molecule has 0 spiro atoms. The molecule has 29 heavy (non-hydrogen) atoms. The van der Waals surface area contributed by atoms with Crippen molar-refractivity contribution in [3.05, 3.63) is 57.0 Å². The minimum absolute atomic E-state index is 0.196. The molecule has 152 valence electrons. The quantitative estimate of drug-likeness (QED) is 0.512. The molecule has 1 aromatic heterocycles. The molecule has 1 aliphatic heterocycles. The molecule has 5 nitrogen and oxygen atoms in total. The maximum Gasteiger partial charge on any atom is 0.260 e. The summed E-state index contributed by atoms with van der Waals surface area (Å²) in [7, 11) is 0. The fourth-order valence-electron chi connectivity index (χ4n) is 3.20. The molecule has 2 heterocycles. The molecule has 1 aliphatic rings. The number of hydrogen-bond acceptors (Lipinski definition) is 5. The molecule has 0 radical (unpaired) electrons. The van der Waals surface area contributed by atoms with Gasteiger partial charge in [0.05, 0.1) is 22.9 Å². The predicted octanol–water partition coefficient (Wildman–Crippen LogP) is 5.24. The Kier molecular flexibility index (Phi) is 6.59. The van der Waals surface area contributed by atoms with Gasteiger partial charge in [-0.1, -0.05) is 52.2 Å². The second-order valence-corrected chi connectivity index (χ2v) is 8.94. The molecule has 9 heteroatoms. The van der Waals surface area contributed by atoms with Gasteiger partial charge in [-0.05, 0) is 30.3 Å². The van der Waals surface area contributed by atoms with Crippen LogP contribution in [0.2, 0.25) is 15.1 Å². The molecule has 0 aliphatic carbocycles. The van der Waals surface area contributed by atoms with E-state index >= 15 is 0 Å². The number of thiazole rings is 1. The molecule has 1 amide bonds. The molecule has 3 aromatic rings. The number of carbonyl (C=O) groups excluding carboxylic acids is 1. The lowest BCUT2D eigenvalue weighted by Gasteiger charge is -2.29. The number of anilines is 1. The largest absolute Gasteiger partial charge is 0.379 e. The van der Waals surface area contributed by atoms with Crippen LogP contribution >= 0.6 is 46.1 Å². The molecule has 0 unspecified atom stereocenters. The lowest BCUT2D eigenvalue weighted by Crippen LogP contribution is -2.43. The van der Waals surface area contributed by atoms with Gasteiger partial charge in [0.15, 0.2) is 5.13 Å². The Bertz CT molecular complexity index is 1020. The first-order valence-electron chi connectivity index (χ1n) is 9.14. The summed E-state index contributed by atoms with van der Waals surface area (Å²) in [5, 5.41) is 2.00. The van der Waals surface area contributed by atoms with E-state index in [1.54, 1.807) is 29.2 Å². The topological polar surface area (TPSA) is 45.7 Å². The molecular weight excluding hydrogens is 453 g/mol. The highest BCUT2D eigenvalue weighted by Crippen LogP contribution is 2.33. The third-order valence-electron chi connectivity index (χ3n) is 4.69. The van der Waals surface area contributed by atoms with Crippen LogP contribution in [-0.2, 0) is 4.74 Å². The van der Waals surface area contributed by atoms with Gasteiger partial charge in [0.2, 0.25) is 0 Å². The highest BCUT2D eigenvalue weighted by Gasteiger charge is 2.24. The Morgan fingerprint density at radius 1 is 1.14 bits per heavy atom. The highest BCUT2D eigenvalue weighted by atomic mass is 35.5. The SMILES string of the molecule is O=C(c1cc(Cl)cc(Cl)c1)N(CCN1CCOCC1)c1nc2c(Cl)cccc2s1. The fraction of sp³-hybridized carbons (Fsp3) is 0.300. The molecule has 1 saturated heterocycles. The number of carbonyl (C=O) groups is 1. The van der Waals surface area contributed by atoms with Crippen molar-refractivity contribution in [2.45, 2.75) is 0 Å².